The summed E-state index contributed by atoms with van der Waals surface area (Å²) in [4.78, 5) is 20.1. The van der Waals surface area contributed by atoms with E-state index in [1.807, 2.05) is 0 Å². The molecule has 0 rings (SSSR count). The molecule has 0 aliphatic heterocycles. The van der Waals surface area contributed by atoms with Crippen molar-refractivity contribution in [3.8, 4) is 0 Å². The van der Waals surface area contributed by atoms with Crippen LogP contribution in [0.4, 0.5) is 0 Å². The summed E-state index contributed by atoms with van der Waals surface area (Å²) in [5, 5.41) is 0. The molecule has 0 aliphatic carbocycles. The third-order valence-electron chi connectivity index (χ3n) is 0.498. The predicted molar refractivity (Wildman–Crippen MR) is 36.8 cm³/mol. The second-order valence-electron chi connectivity index (χ2n) is 1.58. The molecule has 0 amide bonds. The van der Waals surface area contributed by atoms with Gasteiger partial charge in [-0.3, -0.25) is 9.59 Å². The van der Waals surface area contributed by atoms with Crippen LogP contribution >= 0.6 is 0 Å². The minimum atomic E-state index is -0.0625. The van der Waals surface area contributed by atoms with Crippen LogP contribution in [-0.2, 0) is 9.59 Å². The summed E-state index contributed by atoms with van der Waals surface area (Å²) in [7, 11) is 0. The molecule has 0 saturated heterocycles. The number of Topliss-reactive ketones (excluding diaryl/α,β-unsaturated/α-hetero) is 2. The number of hydrogen-bond acceptors (Lipinski definition) is 2. The predicted octanol–water partition coefficient (Wildman–Crippen LogP) is -1.92. The van der Waals surface area contributed by atoms with Crippen molar-refractivity contribution >= 4 is 11.6 Å². The fraction of sp³-hybridized carbons (Fsp3) is 0.600. The molecule has 11 heavy (non-hydrogen) atoms. The molecule has 0 radical (unpaired) electrons. The van der Waals surface area contributed by atoms with Crippen LogP contribution in [0.1, 0.15) is 20.3 Å². The Morgan fingerprint density at radius 2 is 1.09 bits per heavy atom. The Balaban J connectivity index is -0.0000000300. The maximum absolute atomic E-state index is 10.0. The molecule has 0 fully saturated rings. The Labute approximate surface area is 98.0 Å². The van der Waals surface area contributed by atoms with Crippen LogP contribution in [0, 0.1) is 40.8 Å². The minimum Gasteiger partial charge on any atom is -0.412 e. The Morgan fingerprint density at radius 1 is 0.909 bits per heavy atom. The first-order valence-corrected chi connectivity index (χ1v) is 2.12. The van der Waals surface area contributed by atoms with Gasteiger partial charge in [0.05, 0.1) is 6.42 Å². The summed E-state index contributed by atoms with van der Waals surface area (Å²) in [5.41, 5.74) is 0. The third-order valence-corrected chi connectivity index (χ3v) is 0.498. The van der Waals surface area contributed by atoms with Crippen molar-refractivity contribution in [1.82, 2.24) is 0 Å². The Bertz CT molecular complexity index is 91.0. The van der Waals surface area contributed by atoms with Gasteiger partial charge in [0.1, 0.15) is 11.6 Å². The molecule has 0 unspecified atom stereocenters. The van der Waals surface area contributed by atoms with Crippen LogP contribution in [0.3, 0.4) is 0 Å². The van der Waals surface area contributed by atoms with Crippen molar-refractivity contribution in [1.29, 1.82) is 0 Å². The van der Waals surface area contributed by atoms with Crippen molar-refractivity contribution in [2.24, 2.45) is 0 Å². The summed E-state index contributed by atoms with van der Waals surface area (Å²) in [5.74, 6) is -0.125. The minimum absolute atomic E-state index is 0. The van der Waals surface area contributed by atoms with Gasteiger partial charge in [0.15, 0.2) is 0 Å². The maximum Gasteiger partial charge on any atom is 0.137 e. The van der Waals surface area contributed by atoms with E-state index < -0.39 is 0 Å². The second-order valence-corrected chi connectivity index (χ2v) is 1.58. The van der Waals surface area contributed by atoms with E-state index in [-0.39, 0.29) is 75.3 Å². The number of carbonyl (C=O) groups is 2. The fourth-order valence-corrected chi connectivity index (χ4v) is 0.351. The van der Waals surface area contributed by atoms with Crippen molar-refractivity contribution in [2.45, 2.75) is 20.3 Å². The first-order chi connectivity index (χ1) is 3.13. The first kappa shape index (κ1) is 29.9. The van der Waals surface area contributed by atoms with Gasteiger partial charge in [-0.15, -0.1) is 0 Å². The van der Waals surface area contributed by atoms with E-state index >= 15 is 0 Å². The summed E-state index contributed by atoms with van der Waals surface area (Å²) in [6.07, 6.45) is 0.0833. The van der Waals surface area contributed by atoms with Gasteiger partial charge < -0.3 is 16.4 Å². The summed E-state index contributed by atoms with van der Waals surface area (Å²) in [6, 6.07) is 0. The summed E-state index contributed by atoms with van der Waals surface area (Å²) >= 11 is 0. The van der Waals surface area contributed by atoms with Gasteiger partial charge in [-0.25, -0.2) is 0 Å². The van der Waals surface area contributed by atoms with Crippen LogP contribution in [0.15, 0.2) is 0 Å². The molecule has 0 heterocycles. The molecule has 0 aromatic heterocycles. The number of ketones is 2. The van der Waals surface area contributed by atoms with E-state index in [4.69, 9.17) is 0 Å². The van der Waals surface area contributed by atoms with Gasteiger partial charge in [0.25, 0.3) is 0 Å². The molecular formula is C5H14NdO5. The number of rotatable bonds is 2. The van der Waals surface area contributed by atoms with E-state index in [0.717, 1.165) is 0 Å². The molecular weight excluding hydrogens is 284 g/mol. The molecule has 0 spiro atoms. The summed E-state index contributed by atoms with van der Waals surface area (Å²) in [6.45, 7) is 2.81. The van der Waals surface area contributed by atoms with Crippen LogP contribution < -0.4 is 0 Å². The standard InChI is InChI=1S/C5H8O2.Nd.3H2O/c1-4(6)3-5(2)7;;;;/h3H2,1-2H3;;3*1H2. The second kappa shape index (κ2) is 16.9. The van der Waals surface area contributed by atoms with E-state index in [1.54, 1.807) is 0 Å². The van der Waals surface area contributed by atoms with Crippen LogP contribution in [0.5, 0.6) is 0 Å². The normalized spacial score (nSPS) is 5.27. The fourth-order valence-electron chi connectivity index (χ4n) is 0.351. The molecule has 0 bridgehead atoms. The zero-order chi connectivity index (χ0) is 5.86. The van der Waals surface area contributed by atoms with Gasteiger partial charge in [-0.05, 0) is 13.8 Å². The smallest absolute Gasteiger partial charge is 0.137 e. The average molecular weight is 298 g/mol. The first-order valence-electron chi connectivity index (χ1n) is 2.12. The molecule has 5 nitrogen and oxygen atoms in total. The molecule has 0 aromatic rings. The van der Waals surface area contributed by atoms with Crippen molar-refractivity contribution in [3.05, 3.63) is 0 Å². The van der Waals surface area contributed by atoms with E-state index in [0.29, 0.717) is 0 Å². The Morgan fingerprint density at radius 3 is 1.09 bits per heavy atom. The zero-order valence-corrected chi connectivity index (χ0v) is 9.73. The zero-order valence-electron chi connectivity index (χ0n) is 6.52. The topological polar surface area (TPSA) is 129 Å². The monoisotopic (exact) mass is 296 g/mol. The van der Waals surface area contributed by atoms with Crippen LogP contribution in [-0.4, -0.2) is 28.0 Å². The molecule has 0 aromatic carbocycles. The quantitative estimate of drug-likeness (QED) is 0.550. The van der Waals surface area contributed by atoms with Crippen LogP contribution in [0.2, 0.25) is 0 Å². The van der Waals surface area contributed by atoms with E-state index in [1.165, 1.54) is 13.8 Å². The SMILES string of the molecule is CC(=O)CC(C)=O.O.O.O.[Nd]. The van der Waals surface area contributed by atoms with Crippen LogP contribution in [0.25, 0.3) is 0 Å². The number of carbonyl (C=O) groups excluding carboxylic acids is 2. The van der Waals surface area contributed by atoms with Gasteiger partial charge in [0, 0.05) is 40.8 Å². The molecule has 68 valence electrons. The molecule has 6 heteroatoms. The van der Waals surface area contributed by atoms with Crippen molar-refractivity contribution in [2.75, 3.05) is 0 Å². The van der Waals surface area contributed by atoms with E-state index in [9.17, 15) is 9.59 Å². The van der Waals surface area contributed by atoms with Gasteiger partial charge in [-0.2, -0.15) is 0 Å². The largest absolute Gasteiger partial charge is 0.412 e. The molecule has 0 atom stereocenters. The maximum atomic E-state index is 10.0. The Hall–Kier alpha value is 0.571. The van der Waals surface area contributed by atoms with Crippen molar-refractivity contribution in [3.63, 3.8) is 0 Å². The molecule has 6 N–H and O–H groups in total. The summed E-state index contributed by atoms with van der Waals surface area (Å²) < 4.78 is 0. The van der Waals surface area contributed by atoms with Crippen molar-refractivity contribution < 1.29 is 66.9 Å². The molecule has 0 aliphatic rings. The Kier molecular flexibility index (Phi) is 46.0. The number of hydrogen-bond donors (Lipinski definition) is 0. The average Bonchev–Trinajstić information content (AvgIpc) is 1.27. The van der Waals surface area contributed by atoms with Gasteiger partial charge in [-0.1, -0.05) is 0 Å². The van der Waals surface area contributed by atoms with Gasteiger partial charge >= 0.3 is 0 Å². The van der Waals surface area contributed by atoms with E-state index in [2.05, 4.69) is 0 Å². The third kappa shape index (κ3) is 37.2. The molecule has 0 saturated carbocycles. The van der Waals surface area contributed by atoms with Gasteiger partial charge in [0.2, 0.25) is 0 Å².